The molecule has 0 saturated heterocycles. The summed E-state index contributed by atoms with van der Waals surface area (Å²) < 4.78 is 5.17. The highest BCUT2D eigenvalue weighted by Crippen LogP contribution is 2.19. The molecule has 98 valence electrons. The van der Waals surface area contributed by atoms with E-state index < -0.39 is 0 Å². The van der Waals surface area contributed by atoms with Crippen LogP contribution >= 0.6 is 0 Å². The molecule has 0 spiro atoms. The first kappa shape index (κ1) is 14.2. The minimum atomic E-state index is -0.290. The van der Waals surface area contributed by atoms with Gasteiger partial charge in [0.15, 0.2) is 0 Å². The lowest BCUT2D eigenvalue weighted by Gasteiger charge is -2.10. The number of hydrogen-bond donors (Lipinski definition) is 1. The number of benzene rings is 1. The quantitative estimate of drug-likeness (QED) is 0.659. The van der Waals surface area contributed by atoms with Crippen molar-refractivity contribution in [3.05, 3.63) is 24.3 Å². The monoisotopic (exact) mass is 249 g/mol. The largest absolute Gasteiger partial charge is 0.426 e. The Kier molecular flexibility index (Phi) is 4.89. The van der Waals surface area contributed by atoms with Crippen molar-refractivity contribution in [2.24, 2.45) is 11.8 Å². The second-order valence-electron chi connectivity index (χ2n) is 4.75. The van der Waals surface area contributed by atoms with Gasteiger partial charge < -0.3 is 10.1 Å². The molecule has 0 aromatic heterocycles. The van der Waals surface area contributed by atoms with E-state index in [1.807, 2.05) is 13.8 Å². The number of hydrogen-bond acceptors (Lipinski definition) is 3. The second-order valence-corrected chi connectivity index (χ2v) is 4.75. The normalized spacial score (nSPS) is 10.6. The summed E-state index contributed by atoms with van der Waals surface area (Å²) >= 11 is 0. The van der Waals surface area contributed by atoms with Crippen molar-refractivity contribution >= 4 is 17.6 Å². The lowest BCUT2D eigenvalue weighted by atomic mass is 10.2. The van der Waals surface area contributed by atoms with E-state index >= 15 is 0 Å². The van der Waals surface area contributed by atoms with Crippen LogP contribution in [0.3, 0.4) is 0 Å². The summed E-state index contributed by atoms with van der Waals surface area (Å²) in [5.74, 6) is -0.189. The first-order chi connectivity index (χ1) is 8.40. The van der Waals surface area contributed by atoms with Crippen molar-refractivity contribution in [2.75, 3.05) is 5.32 Å². The Morgan fingerprint density at radius 2 is 1.78 bits per heavy atom. The Balaban J connectivity index is 2.74. The fourth-order valence-electron chi connectivity index (χ4n) is 1.16. The standard InChI is InChI=1S/C14H19NO3/c1-9(2)13(16)15-11-6-5-7-12(8-11)18-14(17)10(3)4/h5-10H,1-4H3,(H,15,16). The zero-order valence-corrected chi connectivity index (χ0v) is 11.2. The molecule has 0 bridgehead atoms. The van der Waals surface area contributed by atoms with Crippen LogP contribution in [0.25, 0.3) is 0 Å². The molecule has 4 heteroatoms. The summed E-state index contributed by atoms with van der Waals surface area (Å²) in [4.78, 5) is 23.0. The van der Waals surface area contributed by atoms with Crippen LogP contribution in [-0.2, 0) is 9.59 Å². The van der Waals surface area contributed by atoms with Gasteiger partial charge in [0.1, 0.15) is 5.75 Å². The summed E-state index contributed by atoms with van der Waals surface area (Å²) in [5.41, 5.74) is 0.628. The molecule has 18 heavy (non-hydrogen) atoms. The maximum absolute atomic E-state index is 11.5. The molecule has 1 aromatic rings. The molecule has 1 rings (SSSR count). The van der Waals surface area contributed by atoms with Crippen molar-refractivity contribution in [1.29, 1.82) is 0 Å². The fourth-order valence-corrected chi connectivity index (χ4v) is 1.16. The van der Waals surface area contributed by atoms with Gasteiger partial charge in [0.25, 0.3) is 0 Å². The Bertz CT molecular complexity index is 401. The summed E-state index contributed by atoms with van der Waals surface area (Å²) in [5, 5.41) is 2.75. The van der Waals surface area contributed by atoms with Gasteiger partial charge in [-0.15, -0.1) is 0 Å². The van der Waals surface area contributed by atoms with Crippen LogP contribution in [0.2, 0.25) is 0 Å². The molecule has 0 unspecified atom stereocenters. The summed E-state index contributed by atoms with van der Waals surface area (Å²) in [6.07, 6.45) is 0. The summed E-state index contributed by atoms with van der Waals surface area (Å²) in [6, 6.07) is 6.82. The topological polar surface area (TPSA) is 55.4 Å². The van der Waals surface area contributed by atoms with Gasteiger partial charge >= 0.3 is 5.97 Å². The van der Waals surface area contributed by atoms with Gasteiger partial charge in [0, 0.05) is 17.7 Å². The highest BCUT2D eigenvalue weighted by molar-refractivity contribution is 5.92. The fraction of sp³-hybridized carbons (Fsp3) is 0.429. The molecule has 0 aliphatic carbocycles. The average molecular weight is 249 g/mol. The molecule has 4 nitrogen and oxygen atoms in total. The molecule has 1 N–H and O–H groups in total. The zero-order valence-electron chi connectivity index (χ0n) is 11.2. The number of nitrogens with one attached hydrogen (secondary N) is 1. The van der Waals surface area contributed by atoms with E-state index in [1.165, 1.54) is 0 Å². The lowest BCUT2D eigenvalue weighted by molar-refractivity contribution is -0.137. The third-order valence-corrected chi connectivity index (χ3v) is 2.32. The smallest absolute Gasteiger partial charge is 0.313 e. The van der Waals surface area contributed by atoms with Gasteiger partial charge in [-0.25, -0.2) is 0 Å². The van der Waals surface area contributed by atoms with E-state index in [1.54, 1.807) is 38.1 Å². The number of esters is 1. The van der Waals surface area contributed by atoms with Gasteiger partial charge in [-0.1, -0.05) is 33.8 Å². The number of rotatable bonds is 4. The molecule has 0 aliphatic heterocycles. The van der Waals surface area contributed by atoms with Crippen LogP contribution < -0.4 is 10.1 Å². The first-order valence-electron chi connectivity index (χ1n) is 6.02. The van der Waals surface area contributed by atoms with E-state index in [9.17, 15) is 9.59 Å². The van der Waals surface area contributed by atoms with Crippen LogP contribution in [0, 0.1) is 11.8 Å². The molecule has 0 atom stereocenters. The third-order valence-electron chi connectivity index (χ3n) is 2.32. The Hall–Kier alpha value is -1.84. The molecule has 0 radical (unpaired) electrons. The van der Waals surface area contributed by atoms with Gasteiger partial charge in [-0.05, 0) is 12.1 Å². The zero-order chi connectivity index (χ0) is 13.7. The first-order valence-corrected chi connectivity index (χ1v) is 6.02. The van der Waals surface area contributed by atoms with Crippen LogP contribution in [0.15, 0.2) is 24.3 Å². The average Bonchev–Trinajstić information content (AvgIpc) is 2.29. The molecule has 1 aromatic carbocycles. The number of anilines is 1. The van der Waals surface area contributed by atoms with E-state index in [0.717, 1.165) is 0 Å². The van der Waals surface area contributed by atoms with Crippen molar-refractivity contribution < 1.29 is 14.3 Å². The molecular weight excluding hydrogens is 230 g/mol. The number of ether oxygens (including phenoxy) is 1. The Morgan fingerprint density at radius 1 is 1.11 bits per heavy atom. The van der Waals surface area contributed by atoms with Gasteiger partial charge in [0.05, 0.1) is 5.92 Å². The number of carbonyl (C=O) groups is 2. The van der Waals surface area contributed by atoms with Crippen LogP contribution in [-0.4, -0.2) is 11.9 Å². The minimum Gasteiger partial charge on any atom is -0.426 e. The van der Waals surface area contributed by atoms with Crippen molar-refractivity contribution in [3.8, 4) is 5.75 Å². The van der Waals surface area contributed by atoms with Gasteiger partial charge in [0.2, 0.25) is 5.91 Å². The Labute approximate surface area is 107 Å². The van der Waals surface area contributed by atoms with Crippen LogP contribution in [0.4, 0.5) is 5.69 Å². The maximum atomic E-state index is 11.5. The highest BCUT2D eigenvalue weighted by Gasteiger charge is 2.11. The Morgan fingerprint density at radius 3 is 2.33 bits per heavy atom. The minimum absolute atomic E-state index is 0.0673. The lowest BCUT2D eigenvalue weighted by Crippen LogP contribution is -2.18. The molecular formula is C14H19NO3. The third kappa shape index (κ3) is 4.20. The van der Waals surface area contributed by atoms with Crippen molar-refractivity contribution in [1.82, 2.24) is 0 Å². The maximum Gasteiger partial charge on any atom is 0.313 e. The molecule has 0 aliphatic rings. The summed E-state index contributed by atoms with van der Waals surface area (Å²) in [7, 11) is 0. The molecule has 0 fully saturated rings. The van der Waals surface area contributed by atoms with Gasteiger partial charge in [-0.2, -0.15) is 0 Å². The van der Waals surface area contributed by atoms with Crippen LogP contribution in [0.5, 0.6) is 5.75 Å². The number of amides is 1. The van der Waals surface area contributed by atoms with E-state index in [2.05, 4.69) is 5.32 Å². The second kappa shape index (κ2) is 6.19. The van der Waals surface area contributed by atoms with Crippen molar-refractivity contribution in [2.45, 2.75) is 27.7 Å². The van der Waals surface area contributed by atoms with E-state index in [0.29, 0.717) is 11.4 Å². The number of carbonyl (C=O) groups excluding carboxylic acids is 2. The summed E-state index contributed by atoms with van der Waals surface area (Å²) in [6.45, 7) is 7.18. The SMILES string of the molecule is CC(C)C(=O)Nc1cccc(OC(=O)C(C)C)c1. The highest BCUT2D eigenvalue weighted by atomic mass is 16.5. The van der Waals surface area contributed by atoms with Crippen LogP contribution in [0.1, 0.15) is 27.7 Å². The molecule has 0 heterocycles. The molecule has 1 amide bonds. The van der Waals surface area contributed by atoms with E-state index in [-0.39, 0.29) is 23.7 Å². The molecule has 0 saturated carbocycles. The predicted octanol–water partition coefficient (Wildman–Crippen LogP) is 2.84. The van der Waals surface area contributed by atoms with E-state index in [4.69, 9.17) is 4.74 Å². The van der Waals surface area contributed by atoms with Crippen molar-refractivity contribution in [3.63, 3.8) is 0 Å². The predicted molar refractivity (Wildman–Crippen MR) is 70.4 cm³/mol. The van der Waals surface area contributed by atoms with Gasteiger partial charge in [-0.3, -0.25) is 9.59 Å².